The Morgan fingerprint density at radius 3 is 2.87 bits per heavy atom. The summed E-state index contributed by atoms with van der Waals surface area (Å²) in [5.41, 5.74) is 1.92. The zero-order chi connectivity index (χ0) is 16.7. The molecule has 1 heterocycles. The van der Waals surface area contributed by atoms with Gasteiger partial charge in [0.25, 0.3) is 0 Å². The number of aromatic nitrogens is 1. The summed E-state index contributed by atoms with van der Waals surface area (Å²) in [7, 11) is 0. The first-order valence-corrected chi connectivity index (χ1v) is 8.66. The van der Waals surface area contributed by atoms with Gasteiger partial charge in [-0.1, -0.05) is 30.7 Å². The van der Waals surface area contributed by atoms with E-state index < -0.39 is 0 Å². The van der Waals surface area contributed by atoms with Crippen molar-refractivity contribution in [2.75, 3.05) is 31.6 Å². The van der Waals surface area contributed by atoms with Gasteiger partial charge >= 0.3 is 0 Å². The molecule has 2 aromatic rings. The van der Waals surface area contributed by atoms with Gasteiger partial charge in [0, 0.05) is 29.9 Å². The Balaban J connectivity index is 1.93. The summed E-state index contributed by atoms with van der Waals surface area (Å²) in [5, 5.41) is 14.3. The number of halogens is 1. The van der Waals surface area contributed by atoms with E-state index in [2.05, 4.69) is 29.0 Å². The lowest BCUT2D eigenvalue weighted by molar-refractivity contribution is 0.199. The van der Waals surface area contributed by atoms with Crippen LogP contribution in [0.5, 0.6) is 0 Å². The summed E-state index contributed by atoms with van der Waals surface area (Å²) in [6, 6.07) is 8.23. The lowest BCUT2D eigenvalue weighted by Crippen LogP contribution is -2.28. The van der Waals surface area contributed by atoms with Crippen molar-refractivity contribution in [1.29, 1.82) is 0 Å². The second-order valence-corrected chi connectivity index (χ2v) is 6.25. The Labute approximate surface area is 143 Å². The minimum atomic E-state index is 0.228. The van der Waals surface area contributed by atoms with Crippen LogP contribution >= 0.6 is 11.6 Å². The number of rotatable bonds is 9. The zero-order valence-corrected chi connectivity index (χ0v) is 14.7. The molecule has 0 radical (unpaired) electrons. The molecule has 0 aliphatic rings. The maximum atomic E-state index is 9.02. The second kappa shape index (κ2) is 9.06. The van der Waals surface area contributed by atoms with Gasteiger partial charge in [0.2, 0.25) is 0 Å². The van der Waals surface area contributed by atoms with Gasteiger partial charge in [0.05, 0.1) is 17.1 Å². The van der Waals surface area contributed by atoms with Crippen molar-refractivity contribution >= 4 is 28.2 Å². The van der Waals surface area contributed by atoms with E-state index in [-0.39, 0.29) is 6.61 Å². The van der Waals surface area contributed by atoms with Crippen molar-refractivity contribution in [3.8, 4) is 0 Å². The average molecular weight is 336 g/mol. The number of aliphatic hydroxyl groups is 1. The number of nitrogens with one attached hydrogen (secondary N) is 1. The fourth-order valence-corrected chi connectivity index (χ4v) is 3.02. The third kappa shape index (κ3) is 5.06. The standard InChI is InChI=1S/C18H26ClN3O/c1-3-22(12-13-23)11-5-6-14(2)21-17-9-10-20-18-15(17)7-4-8-16(18)19/h4,7-10,14,23H,3,5-6,11-13H2,1-2H3,(H,20,21)/t14-/m0/s1. The van der Waals surface area contributed by atoms with Gasteiger partial charge in [-0.25, -0.2) is 0 Å². The maximum Gasteiger partial charge on any atom is 0.0908 e. The molecule has 2 rings (SSSR count). The number of likely N-dealkylation sites (N-methyl/N-ethyl adjacent to an activating group) is 1. The molecule has 0 bridgehead atoms. The van der Waals surface area contributed by atoms with Gasteiger partial charge in [0.15, 0.2) is 0 Å². The monoisotopic (exact) mass is 335 g/mol. The molecule has 2 N–H and O–H groups in total. The van der Waals surface area contributed by atoms with Crippen LogP contribution in [0.1, 0.15) is 26.7 Å². The normalized spacial score (nSPS) is 12.7. The number of anilines is 1. The summed E-state index contributed by atoms with van der Waals surface area (Å²) >= 11 is 6.21. The van der Waals surface area contributed by atoms with Gasteiger partial charge in [-0.2, -0.15) is 0 Å². The van der Waals surface area contributed by atoms with E-state index in [1.54, 1.807) is 6.20 Å². The molecule has 0 aliphatic heterocycles. The van der Waals surface area contributed by atoms with Crippen molar-refractivity contribution in [2.45, 2.75) is 32.7 Å². The van der Waals surface area contributed by atoms with E-state index in [9.17, 15) is 0 Å². The molecule has 0 fully saturated rings. The third-order valence-electron chi connectivity index (χ3n) is 4.10. The summed E-state index contributed by atoms with van der Waals surface area (Å²) in [6.07, 6.45) is 3.97. The number of nitrogens with zero attached hydrogens (tertiary/aromatic N) is 2. The number of fused-ring (bicyclic) bond motifs is 1. The highest BCUT2D eigenvalue weighted by Gasteiger charge is 2.09. The zero-order valence-electron chi connectivity index (χ0n) is 13.9. The van der Waals surface area contributed by atoms with Gasteiger partial charge in [0.1, 0.15) is 0 Å². The molecule has 1 aromatic carbocycles. The maximum absolute atomic E-state index is 9.02. The summed E-state index contributed by atoms with van der Waals surface area (Å²) in [6.45, 7) is 7.31. The first kappa shape index (κ1) is 18.0. The van der Waals surface area contributed by atoms with Crippen molar-refractivity contribution in [1.82, 2.24) is 9.88 Å². The largest absolute Gasteiger partial charge is 0.395 e. The molecule has 1 aromatic heterocycles. The van der Waals surface area contributed by atoms with Crippen LogP contribution in [0, 0.1) is 0 Å². The van der Waals surface area contributed by atoms with Crippen LogP contribution in [0.15, 0.2) is 30.5 Å². The Bertz CT molecular complexity index is 620. The molecule has 126 valence electrons. The Kier molecular flexibility index (Phi) is 7.09. The van der Waals surface area contributed by atoms with Gasteiger partial charge in [-0.3, -0.25) is 4.98 Å². The van der Waals surface area contributed by atoms with Crippen LogP contribution in [0.4, 0.5) is 5.69 Å². The van der Waals surface area contributed by atoms with E-state index in [1.165, 1.54) is 0 Å². The number of pyridine rings is 1. The molecule has 0 spiro atoms. The summed E-state index contributed by atoms with van der Waals surface area (Å²) < 4.78 is 0. The number of benzene rings is 1. The van der Waals surface area contributed by atoms with Crippen LogP contribution in [0.2, 0.25) is 5.02 Å². The number of hydrogen-bond acceptors (Lipinski definition) is 4. The van der Waals surface area contributed by atoms with E-state index >= 15 is 0 Å². The van der Waals surface area contributed by atoms with Crippen LogP contribution in [0.3, 0.4) is 0 Å². The highest BCUT2D eigenvalue weighted by molar-refractivity contribution is 6.35. The summed E-state index contributed by atoms with van der Waals surface area (Å²) in [4.78, 5) is 6.64. The summed E-state index contributed by atoms with van der Waals surface area (Å²) in [5.74, 6) is 0. The van der Waals surface area contributed by atoms with Crippen molar-refractivity contribution in [2.24, 2.45) is 0 Å². The first-order chi connectivity index (χ1) is 11.2. The molecule has 0 unspecified atom stereocenters. The molecule has 5 heteroatoms. The SMILES string of the molecule is CCN(CCO)CCC[C@H](C)Nc1ccnc2c(Cl)cccc12. The van der Waals surface area contributed by atoms with Crippen LogP contribution < -0.4 is 5.32 Å². The Morgan fingerprint density at radius 1 is 1.30 bits per heavy atom. The minimum absolute atomic E-state index is 0.228. The molecule has 0 saturated carbocycles. The average Bonchev–Trinajstić information content (AvgIpc) is 2.55. The molecule has 0 saturated heterocycles. The molecule has 0 amide bonds. The van der Waals surface area contributed by atoms with Crippen molar-refractivity contribution in [3.05, 3.63) is 35.5 Å². The molecular weight excluding hydrogens is 310 g/mol. The predicted octanol–water partition coefficient (Wildman–Crippen LogP) is 3.78. The predicted molar refractivity (Wildman–Crippen MR) is 98.3 cm³/mol. The van der Waals surface area contributed by atoms with Crippen molar-refractivity contribution in [3.63, 3.8) is 0 Å². The van der Waals surface area contributed by atoms with Crippen molar-refractivity contribution < 1.29 is 5.11 Å². The van der Waals surface area contributed by atoms with Crippen LogP contribution in [-0.4, -0.2) is 47.3 Å². The molecule has 0 aliphatic carbocycles. The minimum Gasteiger partial charge on any atom is -0.395 e. The van der Waals surface area contributed by atoms with Crippen LogP contribution in [-0.2, 0) is 0 Å². The number of aliphatic hydroxyl groups excluding tert-OH is 1. The third-order valence-corrected chi connectivity index (χ3v) is 4.40. The van der Waals surface area contributed by atoms with E-state index in [4.69, 9.17) is 16.7 Å². The Morgan fingerprint density at radius 2 is 2.13 bits per heavy atom. The smallest absolute Gasteiger partial charge is 0.0908 e. The molecular formula is C18H26ClN3O. The number of para-hydroxylation sites is 1. The van der Waals surface area contributed by atoms with E-state index in [1.807, 2.05) is 24.3 Å². The van der Waals surface area contributed by atoms with E-state index in [0.717, 1.165) is 49.1 Å². The van der Waals surface area contributed by atoms with Crippen LogP contribution in [0.25, 0.3) is 10.9 Å². The second-order valence-electron chi connectivity index (χ2n) is 5.84. The number of hydrogen-bond donors (Lipinski definition) is 2. The fraction of sp³-hybridized carbons (Fsp3) is 0.500. The Hall–Kier alpha value is -1.36. The topological polar surface area (TPSA) is 48.4 Å². The van der Waals surface area contributed by atoms with Gasteiger partial charge in [-0.15, -0.1) is 0 Å². The van der Waals surface area contributed by atoms with Gasteiger partial charge in [-0.05, 0) is 45.0 Å². The fourth-order valence-electron chi connectivity index (χ4n) is 2.79. The first-order valence-electron chi connectivity index (χ1n) is 8.28. The lowest BCUT2D eigenvalue weighted by Gasteiger charge is -2.21. The van der Waals surface area contributed by atoms with Gasteiger partial charge < -0.3 is 15.3 Å². The molecule has 23 heavy (non-hydrogen) atoms. The highest BCUT2D eigenvalue weighted by atomic mass is 35.5. The lowest BCUT2D eigenvalue weighted by atomic mass is 10.1. The highest BCUT2D eigenvalue weighted by Crippen LogP contribution is 2.27. The molecule has 4 nitrogen and oxygen atoms in total. The molecule has 1 atom stereocenters. The van der Waals surface area contributed by atoms with E-state index in [0.29, 0.717) is 11.1 Å². The quantitative estimate of drug-likeness (QED) is 0.732.